The number of carbonyl (C=O) groups excluding carboxylic acids is 2. The van der Waals surface area contributed by atoms with Crippen molar-refractivity contribution in [3.63, 3.8) is 0 Å². The maximum absolute atomic E-state index is 13.4. The second-order valence-electron chi connectivity index (χ2n) is 7.85. The van der Waals surface area contributed by atoms with E-state index in [1.54, 1.807) is 61.2 Å². The molecule has 0 unspecified atom stereocenters. The van der Waals surface area contributed by atoms with Gasteiger partial charge in [0.15, 0.2) is 0 Å². The zero-order valence-corrected chi connectivity index (χ0v) is 17.9. The van der Waals surface area contributed by atoms with Crippen molar-refractivity contribution in [1.29, 1.82) is 0 Å². The van der Waals surface area contributed by atoms with Gasteiger partial charge < -0.3 is 9.64 Å². The Kier molecular flexibility index (Phi) is 4.47. The van der Waals surface area contributed by atoms with Crippen LogP contribution < -0.4 is 4.90 Å². The molecule has 2 aliphatic rings. The second-order valence-corrected chi connectivity index (χ2v) is 9.74. The lowest BCUT2D eigenvalue weighted by Crippen LogP contribution is -2.45. The van der Waals surface area contributed by atoms with E-state index in [9.17, 15) is 18.0 Å². The second kappa shape index (κ2) is 6.67. The largest absolute Gasteiger partial charge is 0.465 e. The number of Topliss-reactive ketones (excluding diaryl/α,β-unsaturated/α-hetero) is 1. The Hall–Kier alpha value is -3.19. The number of allylic oxidation sites excluding steroid dienone is 1. The summed E-state index contributed by atoms with van der Waals surface area (Å²) in [6.45, 7) is 5.27. The van der Waals surface area contributed by atoms with Gasteiger partial charge in [-0.1, -0.05) is 23.8 Å². The van der Waals surface area contributed by atoms with Crippen LogP contribution >= 0.6 is 0 Å². The Bertz CT molecular complexity index is 1250. The molecule has 154 valence electrons. The van der Waals surface area contributed by atoms with Crippen molar-refractivity contribution < 1.29 is 22.7 Å². The number of ketones is 1. The molecule has 0 atom stereocenters. The van der Waals surface area contributed by atoms with Crippen molar-refractivity contribution in [2.45, 2.75) is 31.2 Å². The fourth-order valence-electron chi connectivity index (χ4n) is 3.88. The molecule has 0 saturated heterocycles. The molecule has 7 heteroatoms. The van der Waals surface area contributed by atoms with Gasteiger partial charge in [0.1, 0.15) is 10.4 Å². The number of methoxy groups -OCH3 is 1. The number of sulfone groups is 1. The van der Waals surface area contributed by atoms with E-state index in [0.29, 0.717) is 22.5 Å². The minimum atomic E-state index is -4.01. The predicted molar refractivity (Wildman–Crippen MR) is 114 cm³/mol. The first-order valence-electron chi connectivity index (χ1n) is 9.40. The maximum atomic E-state index is 13.4. The summed E-state index contributed by atoms with van der Waals surface area (Å²) in [4.78, 5) is 26.8. The summed E-state index contributed by atoms with van der Waals surface area (Å²) in [5.74, 6) is -0.931. The van der Waals surface area contributed by atoms with Crippen LogP contribution in [0.3, 0.4) is 0 Å². The summed E-state index contributed by atoms with van der Waals surface area (Å²) in [7, 11) is -2.70. The Morgan fingerprint density at radius 3 is 2.33 bits per heavy atom. The average Bonchev–Trinajstić information content (AvgIpc) is 2.93. The summed E-state index contributed by atoms with van der Waals surface area (Å²) in [5.41, 5.74) is 1.91. The van der Waals surface area contributed by atoms with E-state index in [4.69, 9.17) is 4.74 Å². The first kappa shape index (κ1) is 20.1. The number of aryl methyl sites for hydroxylation is 1. The third kappa shape index (κ3) is 2.81. The van der Waals surface area contributed by atoms with Gasteiger partial charge in [0.2, 0.25) is 15.6 Å². The van der Waals surface area contributed by atoms with Gasteiger partial charge in [-0.05, 0) is 62.7 Å². The maximum Gasteiger partial charge on any atom is 0.337 e. The van der Waals surface area contributed by atoms with Crippen LogP contribution in [-0.4, -0.2) is 32.8 Å². The molecule has 0 N–H and O–H groups in total. The highest BCUT2D eigenvalue weighted by molar-refractivity contribution is 7.96. The number of hydrogen-bond donors (Lipinski definition) is 0. The number of carbonyl (C=O) groups is 2. The predicted octanol–water partition coefficient (Wildman–Crippen LogP) is 3.66. The van der Waals surface area contributed by atoms with E-state index in [1.807, 2.05) is 6.92 Å². The average molecular weight is 423 g/mol. The van der Waals surface area contributed by atoms with Gasteiger partial charge in [0.05, 0.1) is 23.3 Å². The molecule has 2 aromatic carbocycles. The van der Waals surface area contributed by atoms with E-state index >= 15 is 0 Å². The number of fused-ring (bicyclic) bond motifs is 3. The van der Waals surface area contributed by atoms with E-state index in [-0.39, 0.29) is 9.80 Å². The lowest BCUT2D eigenvalue weighted by atomic mass is 9.96. The number of benzene rings is 2. The van der Waals surface area contributed by atoms with Gasteiger partial charge in [-0.3, -0.25) is 4.79 Å². The van der Waals surface area contributed by atoms with Crippen LogP contribution in [0.1, 0.15) is 35.3 Å². The molecule has 2 aromatic rings. The molecule has 0 aromatic heterocycles. The first-order chi connectivity index (χ1) is 14.1. The minimum Gasteiger partial charge on any atom is -0.465 e. The highest BCUT2D eigenvalue weighted by Gasteiger charge is 2.51. The molecular weight excluding hydrogens is 402 g/mol. The molecule has 6 nitrogen and oxygen atoms in total. The highest BCUT2D eigenvalue weighted by atomic mass is 32.2. The first-order valence-corrected chi connectivity index (χ1v) is 10.9. The van der Waals surface area contributed by atoms with Crippen LogP contribution in [-0.2, 0) is 19.4 Å². The zero-order valence-electron chi connectivity index (χ0n) is 17.1. The van der Waals surface area contributed by atoms with Crippen molar-refractivity contribution in [2.24, 2.45) is 0 Å². The molecule has 2 aliphatic heterocycles. The van der Waals surface area contributed by atoms with E-state index < -0.39 is 27.1 Å². The summed E-state index contributed by atoms with van der Waals surface area (Å²) >= 11 is 0. The van der Waals surface area contributed by atoms with Crippen LogP contribution in [0.2, 0.25) is 0 Å². The quantitative estimate of drug-likeness (QED) is 0.701. The molecule has 4 rings (SSSR count). The molecular formula is C23H21NO5S. The molecule has 30 heavy (non-hydrogen) atoms. The number of anilines is 1. The zero-order chi connectivity index (χ0) is 21.8. The lowest BCUT2D eigenvalue weighted by molar-refractivity contribution is -0.117. The summed E-state index contributed by atoms with van der Waals surface area (Å²) in [6, 6.07) is 11.4. The highest BCUT2D eigenvalue weighted by Crippen LogP contribution is 2.46. The molecule has 0 saturated carbocycles. The van der Waals surface area contributed by atoms with Crippen molar-refractivity contribution in [3.05, 3.63) is 75.8 Å². The number of rotatable bonds is 3. The van der Waals surface area contributed by atoms with Crippen molar-refractivity contribution in [3.8, 4) is 0 Å². The van der Waals surface area contributed by atoms with Crippen molar-refractivity contribution >= 4 is 33.4 Å². The Labute approximate surface area is 175 Å². The molecule has 0 spiro atoms. The standard InChI is InChI=1S/C23H21NO5S/c1-14-5-9-17(10-6-14)30(27,28)20-19-12-7-15-13-16(22(26)29-4)8-11-18(15)24(19)23(2,3)21(20)25/h5-13H,1-4H3. The SMILES string of the molecule is COC(=O)c1ccc2c(c1)C=CC1=C(S(=O)(=O)c3ccc(C)cc3)C(=O)C(C)(C)N12. The molecule has 0 fully saturated rings. The summed E-state index contributed by atoms with van der Waals surface area (Å²) in [5, 5.41) is 0. The normalized spacial score (nSPS) is 17.1. The summed E-state index contributed by atoms with van der Waals surface area (Å²) in [6.07, 6.45) is 3.34. The molecule has 0 aliphatic carbocycles. The van der Waals surface area contributed by atoms with Gasteiger partial charge >= 0.3 is 5.97 Å². The summed E-state index contributed by atoms with van der Waals surface area (Å²) < 4.78 is 31.6. The molecule has 0 radical (unpaired) electrons. The molecule has 0 bridgehead atoms. The van der Waals surface area contributed by atoms with Gasteiger partial charge in [0.25, 0.3) is 0 Å². The third-order valence-corrected chi connectivity index (χ3v) is 7.33. The Morgan fingerprint density at radius 2 is 1.70 bits per heavy atom. The van der Waals surface area contributed by atoms with Crippen LogP contribution in [0.15, 0.2) is 64.0 Å². The number of ether oxygens (including phenoxy) is 1. The molecule has 0 amide bonds. The van der Waals surface area contributed by atoms with Crippen LogP contribution in [0, 0.1) is 6.92 Å². The third-order valence-electron chi connectivity index (χ3n) is 5.50. The van der Waals surface area contributed by atoms with Crippen LogP contribution in [0.5, 0.6) is 0 Å². The Balaban J connectivity index is 1.91. The molecule has 2 heterocycles. The minimum absolute atomic E-state index is 0.0850. The topological polar surface area (TPSA) is 80.8 Å². The monoisotopic (exact) mass is 423 g/mol. The van der Waals surface area contributed by atoms with Crippen molar-refractivity contribution in [2.75, 3.05) is 12.0 Å². The van der Waals surface area contributed by atoms with Gasteiger partial charge in [-0.25, -0.2) is 13.2 Å². The fraction of sp³-hybridized carbons (Fsp3) is 0.217. The van der Waals surface area contributed by atoms with Gasteiger partial charge in [-0.15, -0.1) is 0 Å². The van der Waals surface area contributed by atoms with Gasteiger partial charge in [0, 0.05) is 5.69 Å². The van der Waals surface area contributed by atoms with Gasteiger partial charge in [-0.2, -0.15) is 0 Å². The van der Waals surface area contributed by atoms with Crippen molar-refractivity contribution in [1.82, 2.24) is 0 Å². The number of esters is 1. The van der Waals surface area contributed by atoms with Crippen LogP contribution in [0.4, 0.5) is 5.69 Å². The number of nitrogens with zero attached hydrogens (tertiary/aromatic N) is 1. The van der Waals surface area contributed by atoms with Crippen LogP contribution in [0.25, 0.3) is 6.08 Å². The van der Waals surface area contributed by atoms with E-state index in [1.165, 1.54) is 19.2 Å². The fourth-order valence-corrected chi connectivity index (χ4v) is 5.54. The lowest BCUT2D eigenvalue weighted by Gasteiger charge is -2.36. The number of hydrogen-bond acceptors (Lipinski definition) is 6. The smallest absolute Gasteiger partial charge is 0.337 e. The van der Waals surface area contributed by atoms with E-state index in [2.05, 4.69) is 0 Å². The van der Waals surface area contributed by atoms with E-state index in [0.717, 1.165) is 5.56 Å². The Morgan fingerprint density at radius 1 is 1.03 bits per heavy atom.